The largest absolute Gasteiger partial charge is 0.494 e. The molecule has 42 heavy (non-hydrogen) atoms. The van der Waals surface area contributed by atoms with Crippen LogP contribution in [0, 0.1) is 11.3 Å². The van der Waals surface area contributed by atoms with Crippen molar-refractivity contribution in [3.05, 3.63) is 112 Å². The molecule has 9 heteroatoms. The molecular weight excluding hydrogens is 548 g/mol. The molecule has 3 atom stereocenters. The fourth-order valence-electron chi connectivity index (χ4n) is 5.74. The van der Waals surface area contributed by atoms with Crippen molar-refractivity contribution in [1.29, 1.82) is 0 Å². The van der Waals surface area contributed by atoms with Gasteiger partial charge in [-0.25, -0.2) is 0 Å². The molecule has 0 aliphatic heterocycles. The Hall–Kier alpha value is -4.21. The van der Waals surface area contributed by atoms with Crippen LogP contribution in [0.3, 0.4) is 0 Å². The SMILES string of the molecule is CCNC(=O)C(c1ccc(OCC)cc1)(c1ccsc1)[C@@H](C(=O)NCc1ccc(CN)cc1)[C@]1(C(N)=O)C=CC=CC1. The van der Waals surface area contributed by atoms with Crippen molar-refractivity contribution < 1.29 is 19.1 Å². The maximum absolute atomic E-state index is 14.6. The number of nitrogens with two attached hydrogens (primary N) is 2. The van der Waals surface area contributed by atoms with Crippen LogP contribution in [-0.2, 0) is 32.9 Å². The Balaban J connectivity index is 1.96. The molecule has 0 saturated heterocycles. The van der Waals surface area contributed by atoms with Gasteiger partial charge >= 0.3 is 0 Å². The molecule has 1 unspecified atom stereocenters. The topological polar surface area (TPSA) is 137 Å². The second kappa shape index (κ2) is 13.6. The first-order valence-corrected chi connectivity index (χ1v) is 15.0. The number of carbonyl (C=O) groups is 3. The Kier molecular flexibility index (Phi) is 9.98. The van der Waals surface area contributed by atoms with E-state index in [0.29, 0.717) is 36.6 Å². The minimum absolute atomic E-state index is 0.157. The third-order valence-corrected chi connectivity index (χ3v) is 8.47. The molecule has 220 valence electrons. The van der Waals surface area contributed by atoms with Gasteiger partial charge in [0.1, 0.15) is 11.2 Å². The van der Waals surface area contributed by atoms with E-state index in [1.54, 1.807) is 36.4 Å². The summed E-state index contributed by atoms with van der Waals surface area (Å²) in [6, 6.07) is 16.6. The zero-order valence-electron chi connectivity index (χ0n) is 24.0. The lowest BCUT2D eigenvalue weighted by atomic mass is 9.54. The van der Waals surface area contributed by atoms with Gasteiger partial charge < -0.3 is 26.8 Å². The van der Waals surface area contributed by atoms with Crippen molar-refractivity contribution in [1.82, 2.24) is 10.6 Å². The standard InChI is InChI=1S/C33H38N4O4S/c1-3-36-31(40)33(26-16-19-42-22-26,25-12-14-27(15-13-25)41-4-2)28(32(30(35)39)17-6-5-7-18-32)29(38)37-21-24-10-8-23(20-34)9-11-24/h5-17,19,22,28H,3-4,18,20-21,34H2,1-2H3,(H2,35,39)(H,36,40)(H,37,38)/t28-,32-,33?/m0/s1. The summed E-state index contributed by atoms with van der Waals surface area (Å²) < 4.78 is 5.68. The van der Waals surface area contributed by atoms with Gasteiger partial charge in [0.05, 0.1) is 17.9 Å². The van der Waals surface area contributed by atoms with Crippen molar-refractivity contribution in [2.75, 3.05) is 13.2 Å². The number of hydrogen-bond donors (Lipinski definition) is 4. The summed E-state index contributed by atoms with van der Waals surface area (Å²) >= 11 is 1.41. The van der Waals surface area contributed by atoms with Crippen LogP contribution < -0.4 is 26.8 Å². The molecule has 8 nitrogen and oxygen atoms in total. The lowest BCUT2D eigenvalue weighted by Crippen LogP contribution is -2.62. The molecule has 1 aliphatic carbocycles. The fourth-order valence-corrected chi connectivity index (χ4v) is 6.45. The van der Waals surface area contributed by atoms with Crippen molar-refractivity contribution in [2.45, 2.75) is 38.8 Å². The van der Waals surface area contributed by atoms with E-state index in [9.17, 15) is 14.4 Å². The summed E-state index contributed by atoms with van der Waals surface area (Å²) in [4.78, 5) is 42.7. The minimum Gasteiger partial charge on any atom is -0.494 e. The summed E-state index contributed by atoms with van der Waals surface area (Å²) in [6.07, 6.45) is 7.17. The third kappa shape index (κ3) is 5.89. The van der Waals surface area contributed by atoms with Gasteiger partial charge in [-0.1, -0.05) is 60.7 Å². The maximum Gasteiger partial charge on any atom is 0.236 e. The smallest absolute Gasteiger partial charge is 0.236 e. The van der Waals surface area contributed by atoms with Crippen LogP contribution >= 0.6 is 11.3 Å². The number of rotatable bonds is 13. The number of ether oxygens (including phenoxy) is 1. The zero-order valence-corrected chi connectivity index (χ0v) is 24.8. The number of hydrogen-bond acceptors (Lipinski definition) is 6. The average Bonchev–Trinajstić information content (AvgIpc) is 3.55. The van der Waals surface area contributed by atoms with E-state index in [-0.39, 0.29) is 13.0 Å². The molecule has 1 heterocycles. The van der Waals surface area contributed by atoms with Crippen LogP contribution in [0.2, 0.25) is 0 Å². The molecular formula is C33H38N4O4S. The van der Waals surface area contributed by atoms with Gasteiger partial charge in [-0.2, -0.15) is 11.3 Å². The maximum atomic E-state index is 14.6. The van der Waals surface area contributed by atoms with Gasteiger partial charge in [0.15, 0.2) is 0 Å². The lowest BCUT2D eigenvalue weighted by Gasteiger charge is -2.47. The predicted octanol–water partition coefficient (Wildman–Crippen LogP) is 3.95. The van der Waals surface area contributed by atoms with Crippen LogP contribution in [0.5, 0.6) is 5.75 Å². The van der Waals surface area contributed by atoms with E-state index in [1.807, 2.05) is 67.1 Å². The average molecular weight is 587 g/mol. The van der Waals surface area contributed by atoms with Crippen molar-refractivity contribution >= 4 is 29.1 Å². The quantitative estimate of drug-likeness (QED) is 0.240. The Morgan fingerprint density at radius 2 is 1.69 bits per heavy atom. The van der Waals surface area contributed by atoms with Crippen LogP contribution in [0.25, 0.3) is 0 Å². The van der Waals surface area contributed by atoms with Gasteiger partial charge in [0.25, 0.3) is 0 Å². The fraction of sp³-hybridized carbons (Fsp3) is 0.303. The number of allylic oxidation sites excluding steroid dienone is 3. The first-order chi connectivity index (χ1) is 20.3. The Morgan fingerprint density at radius 1 is 0.976 bits per heavy atom. The first kappa shape index (κ1) is 30.7. The highest BCUT2D eigenvalue weighted by atomic mass is 32.1. The van der Waals surface area contributed by atoms with Crippen LogP contribution in [0.1, 0.15) is 42.5 Å². The highest BCUT2D eigenvalue weighted by Gasteiger charge is 2.61. The van der Waals surface area contributed by atoms with Crippen LogP contribution in [0.4, 0.5) is 0 Å². The van der Waals surface area contributed by atoms with Gasteiger partial charge in [0, 0.05) is 19.6 Å². The number of thiophene rings is 1. The molecule has 6 N–H and O–H groups in total. The van der Waals surface area contributed by atoms with E-state index < -0.39 is 34.5 Å². The Labute approximate surface area is 250 Å². The molecule has 0 saturated carbocycles. The summed E-state index contributed by atoms with van der Waals surface area (Å²) in [5, 5.41) is 9.74. The monoisotopic (exact) mass is 586 g/mol. The molecule has 0 fully saturated rings. The highest BCUT2D eigenvalue weighted by Crippen LogP contribution is 2.52. The summed E-state index contributed by atoms with van der Waals surface area (Å²) in [5.74, 6) is -2.17. The molecule has 3 amide bonds. The molecule has 4 rings (SSSR count). The van der Waals surface area contributed by atoms with Gasteiger partial charge in [-0.15, -0.1) is 0 Å². The number of likely N-dealkylation sites (N-methyl/N-ethyl adjacent to an activating group) is 1. The van der Waals surface area contributed by atoms with Gasteiger partial charge in [-0.3, -0.25) is 14.4 Å². The summed E-state index contributed by atoms with van der Waals surface area (Å²) in [7, 11) is 0. The van der Waals surface area contributed by atoms with E-state index in [1.165, 1.54) is 11.3 Å². The van der Waals surface area contributed by atoms with Crippen molar-refractivity contribution in [3.8, 4) is 5.75 Å². The summed E-state index contributed by atoms with van der Waals surface area (Å²) in [5.41, 5.74) is 11.8. The third-order valence-electron chi connectivity index (χ3n) is 7.78. The molecule has 0 spiro atoms. The Morgan fingerprint density at radius 3 is 2.24 bits per heavy atom. The molecule has 1 aromatic heterocycles. The predicted molar refractivity (Wildman–Crippen MR) is 166 cm³/mol. The number of primary amides is 1. The van der Waals surface area contributed by atoms with Crippen molar-refractivity contribution in [3.63, 3.8) is 0 Å². The number of benzene rings is 2. The number of nitrogens with one attached hydrogen (secondary N) is 2. The van der Waals surface area contributed by atoms with Gasteiger partial charge in [-0.05, 0) is 71.5 Å². The normalized spacial score (nSPS) is 18.1. The highest BCUT2D eigenvalue weighted by molar-refractivity contribution is 7.08. The number of amides is 3. The van der Waals surface area contributed by atoms with Crippen molar-refractivity contribution in [2.24, 2.45) is 22.8 Å². The zero-order chi connectivity index (χ0) is 30.2. The lowest BCUT2D eigenvalue weighted by molar-refractivity contribution is -0.145. The molecule has 1 aliphatic rings. The number of carbonyl (C=O) groups excluding carboxylic acids is 3. The van der Waals surface area contributed by atoms with Crippen LogP contribution in [0.15, 0.2) is 89.7 Å². The van der Waals surface area contributed by atoms with E-state index in [0.717, 1.165) is 11.1 Å². The molecule has 0 radical (unpaired) electrons. The van der Waals surface area contributed by atoms with E-state index in [4.69, 9.17) is 16.2 Å². The molecule has 3 aromatic rings. The second-order valence-electron chi connectivity index (χ2n) is 10.2. The van der Waals surface area contributed by atoms with E-state index in [2.05, 4.69) is 10.6 Å². The minimum atomic E-state index is -1.61. The van der Waals surface area contributed by atoms with Gasteiger partial charge in [0.2, 0.25) is 17.7 Å². The summed E-state index contributed by atoms with van der Waals surface area (Å²) in [6.45, 7) is 5.11. The molecule has 0 bridgehead atoms. The van der Waals surface area contributed by atoms with E-state index >= 15 is 0 Å². The second-order valence-corrected chi connectivity index (χ2v) is 11.0. The van der Waals surface area contributed by atoms with Crippen LogP contribution in [-0.4, -0.2) is 30.9 Å². The first-order valence-electron chi connectivity index (χ1n) is 14.1. The molecule has 2 aromatic carbocycles. The Bertz CT molecular complexity index is 1430.